The van der Waals surface area contributed by atoms with E-state index in [0.29, 0.717) is 0 Å². The SMILES string of the molecule is O=C1CC(c2cn[nH]c2C(F)(F)F)C(=O)O1. The summed E-state index contributed by atoms with van der Waals surface area (Å²) in [6.45, 7) is 0. The van der Waals surface area contributed by atoms with Crippen LogP contribution in [0.15, 0.2) is 6.20 Å². The monoisotopic (exact) mass is 234 g/mol. The van der Waals surface area contributed by atoms with E-state index >= 15 is 0 Å². The minimum absolute atomic E-state index is 0.358. The van der Waals surface area contributed by atoms with Crippen LogP contribution < -0.4 is 0 Å². The third kappa shape index (κ3) is 1.66. The van der Waals surface area contributed by atoms with E-state index in [1.165, 1.54) is 0 Å². The number of cyclic esters (lactones) is 2. The van der Waals surface area contributed by atoms with Crippen LogP contribution in [0.4, 0.5) is 13.2 Å². The van der Waals surface area contributed by atoms with E-state index in [9.17, 15) is 22.8 Å². The molecule has 1 aromatic rings. The number of nitrogens with one attached hydrogen (secondary N) is 1. The first-order chi connectivity index (χ1) is 7.39. The van der Waals surface area contributed by atoms with Crippen LogP contribution in [0.25, 0.3) is 0 Å². The molecule has 1 N–H and O–H groups in total. The van der Waals surface area contributed by atoms with Crippen LogP contribution in [0.2, 0.25) is 0 Å². The minimum Gasteiger partial charge on any atom is -0.393 e. The number of hydrogen-bond donors (Lipinski definition) is 1. The maximum Gasteiger partial charge on any atom is 0.433 e. The molecule has 0 spiro atoms. The Kier molecular flexibility index (Phi) is 2.21. The van der Waals surface area contributed by atoms with Crippen molar-refractivity contribution in [2.75, 3.05) is 0 Å². The van der Waals surface area contributed by atoms with Gasteiger partial charge in [0.15, 0.2) is 0 Å². The van der Waals surface area contributed by atoms with E-state index in [1.807, 2.05) is 0 Å². The van der Waals surface area contributed by atoms with Crippen molar-refractivity contribution in [3.05, 3.63) is 17.5 Å². The molecule has 86 valence electrons. The molecule has 1 saturated heterocycles. The molecule has 1 aliphatic heterocycles. The molecule has 1 aromatic heterocycles. The van der Waals surface area contributed by atoms with Crippen LogP contribution in [0.3, 0.4) is 0 Å². The summed E-state index contributed by atoms with van der Waals surface area (Å²) < 4.78 is 41.5. The number of H-pyrrole nitrogens is 1. The number of rotatable bonds is 1. The van der Waals surface area contributed by atoms with E-state index in [2.05, 4.69) is 9.84 Å². The van der Waals surface area contributed by atoms with Gasteiger partial charge in [-0.3, -0.25) is 14.7 Å². The molecule has 8 heteroatoms. The second-order valence-corrected chi connectivity index (χ2v) is 3.25. The Morgan fingerprint density at radius 3 is 2.62 bits per heavy atom. The lowest BCUT2D eigenvalue weighted by atomic mass is 9.98. The van der Waals surface area contributed by atoms with E-state index in [-0.39, 0.29) is 12.0 Å². The molecule has 5 nitrogen and oxygen atoms in total. The number of carbonyl (C=O) groups is 2. The third-order valence-corrected chi connectivity index (χ3v) is 2.20. The van der Waals surface area contributed by atoms with Crippen molar-refractivity contribution in [3.63, 3.8) is 0 Å². The highest BCUT2D eigenvalue weighted by Gasteiger charge is 2.43. The standard InChI is InChI=1S/C8H5F3N2O3/c9-8(10,11)6-4(2-12-13-6)3-1-5(14)16-7(3)15/h2-3H,1H2,(H,12,13). The maximum absolute atomic E-state index is 12.5. The molecular weight excluding hydrogens is 229 g/mol. The summed E-state index contributed by atoms with van der Waals surface area (Å²) in [4.78, 5) is 21.9. The van der Waals surface area contributed by atoms with Gasteiger partial charge in [0.1, 0.15) is 5.69 Å². The molecule has 16 heavy (non-hydrogen) atoms. The van der Waals surface area contributed by atoms with Gasteiger partial charge in [0, 0.05) is 5.56 Å². The summed E-state index contributed by atoms with van der Waals surface area (Å²) in [5.41, 5.74) is -1.48. The second kappa shape index (κ2) is 3.32. The third-order valence-electron chi connectivity index (χ3n) is 2.20. The number of carbonyl (C=O) groups excluding carboxylic acids is 2. The number of nitrogens with zero attached hydrogens (tertiary/aromatic N) is 1. The molecule has 2 rings (SSSR count). The van der Waals surface area contributed by atoms with Gasteiger partial charge in [-0.15, -0.1) is 0 Å². The zero-order chi connectivity index (χ0) is 11.9. The largest absolute Gasteiger partial charge is 0.433 e. The van der Waals surface area contributed by atoms with Crippen molar-refractivity contribution in [1.29, 1.82) is 0 Å². The highest BCUT2D eigenvalue weighted by molar-refractivity contribution is 5.97. The summed E-state index contributed by atoms with van der Waals surface area (Å²) in [5.74, 6) is -3.02. The van der Waals surface area contributed by atoms with Gasteiger partial charge in [-0.1, -0.05) is 0 Å². The van der Waals surface area contributed by atoms with Crippen LogP contribution in [0.1, 0.15) is 23.6 Å². The fourth-order valence-corrected chi connectivity index (χ4v) is 1.50. The normalized spacial score (nSPS) is 21.3. The summed E-state index contributed by atoms with van der Waals surface area (Å²) >= 11 is 0. The number of halogens is 3. The van der Waals surface area contributed by atoms with Crippen LogP contribution in [-0.2, 0) is 20.5 Å². The number of aromatic amines is 1. The van der Waals surface area contributed by atoms with Crippen molar-refractivity contribution in [1.82, 2.24) is 10.2 Å². The van der Waals surface area contributed by atoms with Gasteiger partial charge in [-0.2, -0.15) is 18.3 Å². The number of hydrogen-bond acceptors (Lipinski definition) is 4. The molecule has 2 heterocycles. The Morgan fingerprint density at radius 2 is 2.12 bits per heavy atom. The molecule has 0 radical (unpaired) electrons. The Labute approximate surface area is 86.6 Å². The lowest BCUT2D eigenvalue weighted by Gasteiger charge is -2.08. The van der Waals surface area contributed by atoms with Gasteiger partial charge < -0.3 is 4.74 Å². The fraction of sp³-hybridized carbons (Fsp3) is 0.375. The lowest BCUT2D eigenvalue weighted by molar-refractivity contribution is -0.152. The number of aromatic nitrogens is 2. The van der Waals surface area contributed by atoms with Crippen molar-refractivity contribution >= 4 is 11.9 Å². The number of esters is 2. The average Bonchev–Trinajstić information content (AvgIpc) is 2.69. The second-order valence-electron chi connectivity index (χ2n) is 3.25. The van der Waals surface area contributed by atoms with Crippen LogP contribution in [0.5, 0.6) is 0 Å². The van der Waals surface area contributed by atoms with Crippen molar-refractivity contribution in [3.8, 4) is 0 Å². The first-order valence-electron chi connectivity index (χ1n) is 4.24. The molecule has 0 bridgehead atoms. The van der Waals surface area contributed by atoms with E-state index < -0.39 is 29.7 Å². The summed E-state index contributed by atoms with van der Waals surface area (Å²) in [6, 6.07) is 0. The number of ether oxygens (including phenoxy) is 1. The molecule has 1 aliphatic rings. The smallest absolute Gasteiger partial charge is 0.393 e. The van der Waals surface area contributed by atoms with E-state index in [4.69, 9.17) is 0 Å². The summed E-state index contributed by atoms with van der Waals surface area (Å²) in [5, 5.41) is 4.99. The van der Waals surface area contributed by atoms with Gasteiger partial charge >= 0.3 is 18.1 Å². The molecule has 1 atom stereocenters. The van der Waals surface area contributed by atoms with Gasteiger partial charge in [-0.05, 0) is 0 Å². The van der Waals surface area contributed by atoms with Crippen molar-refractivity contribution in [2.24, 2.45) is 0 Å². The van der Waals surface area contributed by atoms with Gasteiger partial charge in [0.2, 0.25) is 0 Å². The summed E-state index contributed by atoms with van der Waals surface area (Å²) in [7, 11) is 0. The number of alkyl halides is 3. The van der Waals surface area contributed by atoms with Gasteiger partial charge in [-0.25, -0.2) is 0 Å². The fourth-order valence-electron chi connectivity index (χ4n) is 1.50. The van der Waals surface area contributed by atoms with E-state index in [1.54, 1.807) is 5.10 Å². The Balaban J connectivity index is 2.38. The lowest BCUT2D eigenvalue weighted by Crippen LogP contribution is -2.13. The zero-order valence-corrected chi connectivity index (χ0v) is 7.67. The minimum atomic E-state index is -4.64. The van der Waals surface area contributed by atoms with Gasteiger partial charge in [0.05, 0.1) is 18.5 Å². The van der Waals surface area contributed by atoms with Crippen LogP contribution in [0, 0.1) is 0 Å². The molecule has 0 aromatic carbocycles. The Morgan fingerprint density at radius 1 is 1.44 bits per heavy atom. The molecule has 0 saturated carbocycles. The first kappa shape index (κ1) is 10.7. The highest BCUT2D eigenvalue weighted by atomic mass is 19.4. The molecular formula is C8H5F3N2O3. The Hall–Kier alpha value is -1.86. The highest BCUT2D eigenvalue weighted by Crippen LogP contribution is 2.36. The average molecular weight is 234 g/mol. The van der Waals surface area contributed by atoms with Crippen LogP contribution >= 0.6 is 0 Å². The summed E-state index contributed by atoms with van der Waals surface area (Å²) in [6.07, 6.45) is -4.15. The predicted octanol–water partition coefficient (Wildman–Crippen LogP) is 0.986. The molecule has 0 aliphatic carbocycles. The molecule has 1 unspecified atom stereocenters. The topological polar surface area (TPSA) is 72.0 Å². The van der Waals surface area contributed by atoms with Gasteiger partial charge in [0.25, 0.3) is 0 Å². The maximum atomic E-state index is 12.5. The quantitative estimate of drug-likeness (QED) is 0.580. The van der Waals surface area contributed by atoms with Crippen molar-refractivity contribution in [2.45, 2.75) is 18.5 Å². The van der Waals surface area contributed by atoms with Crippen molar-refractivity contribution < 1.29 is 27.5 Å². The molecule has 0 amide bonds. The molecule has 1 fully saturated rings. The Bertz CT molecular complexity index is 452. The first-order valence-corrected chi connectivity index (χ1v) is 4.24. The van der Waals surface area contributed by atoms with E-state index in [0.717, 1.165) is 6.20 Å². The zero-order valence-electron chi connectivity index (χ0n) is 7.67. The predicted molar refractivity (Wildman–Crippen MR) is 42.0 cm³/mol. The van der Waals surface area contributed by atoms with Crippen LogP contribution in [-0.4, -0.2) is 22.1 Å².